The number of hydrogen-bond acceptors (Lipinski definition) is 3. The van der Waals surface area contributed by atoms with E-state index in [-0.39, 0.29) is 11.8 Å². The highest BCUT2D eigenvalue weighted by Crippen LogP contribution is 2.19. The van der Waals surface area contributed by atoms with Crippen LogP contribution in [0.3, 0.4) is 0 Å². The normalized spacial score (nSPS) is 13.5. The second kappa shape index (κ2) is 5.75. The summed E-state index contributed by atoms with van der Waals surface area (Å²) in [7, 11) is 0. The Morgan fingerprint density at radius 1 is 1.00 bits per heavy atom. The summed E-state index contributed by atoms with van der Waals surface area (Å²) in [4.78, 5) is 27.7. The van der Waals surface area contributed by atoms with Crippen molar-refractivity contribution in [2.24, 2.45) is 0 Å². The largest absolute Gasteiger partial charge is 0.349 e. The first-order chi connectivity index (χ1) is 10.2. The summed E-state index contributed by atoms with van der Waals surface area (Å²) in [6.45, 7) is 0. The number of nitrogens with zero attached hydrogens (tertiary/aromatic N) is 1. The molecule has 0 radical (unpaired) electrons. The Labute approximate surface area is 122 Å². The molecule has 1 aromatic heterocycles. The molecule has 0 saturated heterocycles. The molecule has 21 heavy (non-hydrogen) atoms. The molecule has 1 aliphatic rings. The van der Waals surface area contributed by atoms with Gasteiger partial charge in [0.25, 0.3) is 11.8 Å². The fraction of sp³-hybridized carbons (Fsp3) is 0.188. The lowest BCUT2D eigenvalue weighted by Crippen LogP contribution is -2.25. The highest BCUT2D eigenvalue weighted by molar-refractivity contribution is 6.04. The van der Waals surface area contributed by atoms with Crippen molar-refractivity contribution in [3.8, 4) is 0 Å². The van der Waals surface area contributed by atoms with Gasteiger partial charge in [-0.3, -0.25) is 14.6 Å². The molecule has 2 amide bonds. The van der Waals surface area contributed by atoms with E-state index in [0.717, 1.165) is 12.8 Å². The smallest absolute Gasteiger partial charge is 0.257 e. The third-order valence-electron chi connectivity index (χ3n) is 3.24. The Balaban J connectivity index is 1.64. The van der Waals surface area contributed by atoms with E-state index in [9.17, 15) is 9.59 Å². The molecule has 106 valence electrons. The quantitative estimate of drug-likeness (QED) is 0.902. The second-order valence-corrected chi connectivity index (χ2v) is 5.02. The van der Waals surface area contributed by atoms with Gasteiger partial charge < -0.3 is 10.6 Å². The van der Waals surface area contributed by atoms with Gasteiger partial charge in [0.05, 0.1) is 5.56 Å². The lowest BCUT2D eigenvalue weighted by atomic mass is 10.2. The van der Waals surface area contributed by atoms with Crippen molar-refractivity contribution in [1.82, 2.24) is 10.3 Å². The van der Waals surface area contributed by atoms with E-state index in [0.29, 0.717) is 22.9 Å². The van der Waals surface area contributed by atoms with Crippen LogP contribution in [0.5, 0.6) is 0 Å². The summed E-state index contributed by atoms with van der Waals surface area (Å²) in [5.74, 6) is -0.291. The lowest BCUT2D eigenvalue weighted by Gasteiger charge is -2.07. The summed E-state index contributed by atoms with van der Waals surface area (Å²) in [6, 6.07) is 10.6. The third-order valence-corrected chi connectivity index (χ3v) is 3.24. The number of aromatic nitrogens is 1. The molecular weight excluding hydrogens is 266 g/mol. The SMILES string of the molecule is O=C(Nc1ccc(C(=O)NC2CC2)cc1)c1cccnc1. The van der Waals surface area contributed by atoms with Crippen molar-refractivity contribution >= 4 is 17.5 Å². The third kappa shape index (κ3) is 3.45. The fourth-order valence-corrected chi connectivity index (χ4v) is 1.90. The van der Waals surface area contributed by atoms with Gasteiger partial charge in [-0.05, 0) is 49.2 Å². The van der Waals surface area contributed by atoms with Gasteiger partial charge >= 0.3 is 0 Å². The minimum absolute atomic E-state index is 0.0670. The first-order valence-corrected chi connectivity index (χ1v) is 6.85. The monoisotopic (exact) mass is 281 g/mol. The molecule has 0 atom stereocenters. The Morgan fingerprint density at radius 3 is 2.38 bits per heavy atom. The van der Waals surface area contributed by atoms with Crippen LogP contribution in [0.2, 0.25) is 0 Å². The number of amides is 2. The van der Waals surface area contributed by atoms with Gasteiger partial charge in [-0.25, -0.2) is 0 Å². The molecule has 5 heteroatoms. The molecule has 2 N–H and O–H groups in total. The summed E-state index contributed by atoms with van der Waals surface area (Å²) in [5, 5.41) is 5.69. The van der Waals surface area contributed by atoms with Crippen LogP contribution in [-0.4, -0.2) is 22.8 Å². The predicted molar refractivity (Wildman–Crippen MR) is 79.1 cm³/mol. The highest BCUT2D eigenvalue weighted by Gasteiger charge is 2.23. The van der Waals surface area contributed by atoms with Gasteiger partial charge in [0.15, 0.2) is 0 Å². The maximum absolute atomic E-state index is 12.0. The van der Waals surface area contributed by atoms with Crippen molar-refractivity contribution < 1.29 is 9.59 Å². The molecule has 0 unspecified atom stereocenters. The summed E-state index contributed by atoms with van der Waals surface area (Å²) in [5.41, 5.74) is 1.74. The van der Waals surface area contributed by atoms with Crippen molar-refractivity contribution in [3.05, 3.63) is 59.9 Å². The second-order valence-electron chi connectivity index (χ2n) is 5.02. The van der Waals surface area contributed by atoms with Gasteiger partial charge in [0.1, 0.15) is 0 Å². The molecule has 3 rings (SSSR count). The average molecular weight is 281 g/mol. The van der Waals surface area contributed by atoms with E-state index in [2.05, 4.69) is 15.6 Å². The first kappa shape index (κ1) is 13.3. The molecule has 1 aromatic carbocycles. The Bertz CT molecular complexity index is 649. The van der Waals surface area contributed by atoms with Crippen LogP contribution in [0, 0.1) is 0 Å². The minimum Gasteiger partial charge on any atom is -0.349 e. The molecule has 1 fully saturated rings. The van der Waals surface area contributed by atoms with Gasteiger partial charge in [-0.15, -0.1) is 0 Å². The van der Waals surface area contributed by atoms with E-state index < -0.39 is 0 Å². The zero-order chi connectivity index (χ0) is 14.7. The van der Waals surface area contributed by atoms with E-state index in [1.807, 2.05) is 0 Å². The molecule has 5 nitrogen and oxygen atoms in total. The maximum atomic E-state index is 12.0. The van der Waals surface area contributed by atoms with Crippen molar-refractivity contribution in [2.45, 2.75) is 18.9 Å². The first-order valence-electron chi connectivity index (χ1n) is 6.85. The van der Waals surface area contributed by atoms with Crippen LogP contribution < -0.4 is 10.6 Å². The highest BCUT2D eigenvalue weighted by atomic mass is 16.2. The number of carbonyl (C=O) groups excluding carboxylic acids is 2. The standard InChI is InChI=1S/C16H15N3O2/c20-15(18-14-7-8-14)11-3-5-13(6-4-11)19-16(21)12-2-1-9-17-10-12/h1-6,9-10,14H,7-8H2,(H,18,20)(H,19,21). The van der Waals surface area contributed by atoms with Crippen LogP contribution in [0.25, 0.3) is 0 Å². The molecule has 0 bridgehead atoms. The zero-order valence-electron chi connectivity index (χ0n) is 11.4. The molecule has 1 aliphatic carbocycles. The van der Waals surface area contributed by atoms with Crippen LogP contribution >= 0.6 is 0 Å². The van der Waals surface area contributed by atoms with Crippen molar-refractivity contribution in [3.63, 3.8) is 0 Å². The van der Waals surface area contributed by atoms with Crippen molar-refractivity contribution in [1.29, 1.82) is 0 Å². The Morgan fingerprint density at radius 2 is 1.76 bits per heavy atom. The molecular formula is C16H15N3O2. The molecule has 1 heterocycles. The molecule has 1 saturated carbocycles. The van der Waals surface area contributed by atoms with Gasteiger partial charge in [0.2, 0.25) is 0 Å². The number of carbonyl (C=O) groups is 2. The number of rotatable bonds is 4. The van der Waals surface area contributed by atoms with E-state index in [4.69, 9.17) is 0 Å². The average Bonchev–Trinajstić information content (AvgIpc) is 3.33. The van der Waals surface area contributed by atoms with Gasteiger partial charge in [0, 0.05) is 29.7 Å². The summed E-state index contributed by atoms with van der Waals surface area (Å²) < 4.78 is 0. The number of pyridine rings is 1. The number of anilines is 1. The van der Waals surface area contributed by atoms with Crippen LogP contribution in [-0.2, 0) is 0 Å². The van der Waals surface area contributed by atoms with Crippen LogP contribution in [0.1, 0.15) is 33.6 Å². The predicted octanol–water partition coefficient (Wildman–Crippen LogP) is 2.23. The summed E-state index contributed by atoms with van der Waals surface area (Å²) >= 11 is 0. The minimum atomic E-state index is -0.224. The van der Waals surface area contributed by atoms with Crippen LogP contribution in [0.15, 0.2) is 48.8 Å². The lowest BCUT2D eigenvalue weighted by molar-refractivity contribution is 0.0950. The topological polar surface area (TPSA) is 71.1 Å². The Hall–Kier alpha value is -2.69. The number of hydrogen-bond donors (Lipinski definition) is 2. The molecule has 2 aromatic rings. The zero-order valence-corrected chi connectivity index (χ0v) is 11.4. The van der Waals surface area contributed by atoms with Gasteiger partial charge in [-0.1, -0.05) is 0 Å². The van der Waals surface area contributed by atoms with E-state index in [1.54, 1.807) is 42.6 Å². The number of nitrogens with one attached hydrogen (secondary N) is 2. The van der Waals surface area contributed by atoms with Crippen molar-refractivity contribution in [2.75, 3.05) is 5.32 Å². The fourth-order valence-electron chi connectivity index (χ4n) is 1.90. The Kier molecular flexibility index (Phi) is 3.64. The van der Waals surface area contributed by atoms with E-state index >= 15 is 0 Å². The van der Waals surface area contributed by atoms with Crippen LogP contribution in [0.4, 0.5) is 5.69 Å². The molecule has 0 spiro atoms. The summed E-state index contributed by atoms with van der Waals surface area (Å²) in [6.07, 6.45) is 5.24. The number of benzene rings is 1. The van der Waals surface area contributed by atoms with E-state index in [1.165, 1.54) is 6.20 Å². The molecule has 0 aliphatic heterocycles. The maximum Gasteiger partial charge on any atom is 0.257 e. The van der Waals surface area contributed by atoms with Gasteiger partial charge in [-0.2, -0.15) is 0 Å².